The summed E-state index contributed by atoms with van der Waals surface area (Å²) < 4.78 is 0. The third-order valence-corrected chi connectivity index (χ3v) is 1.46. The van der Waals surface area contributed by atoms with Crippen LogP contribution in [-0.2, 0) is 4.79 Å². The lowest BCUT2D eigenvalue weighted by Gasteiger charge is -2.04. The molecule has 66 valence electrons. The first-order valence-electron chi connectivity index (χ1n) is 4.13. The van der Waals surface area contributed by atoms with Crippen LogP contribution >= 0.6 is 0 Å². The Kier molecular flexibility index (Phi) is 5.84. The van der Waals surface area contributed by atoms with Gasteiger partial charge in [-0.3, -0.25) is 4.79 Å². The molecule has 0 aliphatic rings. The molecule has 0 aromatic carbocycles. The number of carbonyl (C=O) groups excluding carboxylic acids is 1. The van der Waals surface area contributed by atoms with Gasteiger partial charge in [0.25, 0.3) is 0 Å². The molecule has 0 saturated heterocycles. The van der Waals surface area contributed by atoms with Gasteiger partial charge in [-0.2, -0.15) is 0 Å². The minimum Gasteiger partial charge on any atom is -0.356 e. The molecule has 1 unspecified atom stereocenters. The molecule has 0 radical (unpaired) electrons. The number of nitrogens with one attached hydrogen (secondary N) is 1. The molecule has 1 atom stereocenters. The summed E-state index contributed by atoms with van der Waals surface area (Å²) in [6.07, 6.45) is 3.17. The highest BCUT2D eigenvalue weighted by atomic mass is 16.1. The van der Waals surface area contributed by atoms with Crippen molar-refractivity contribution in [3.8, 4) is 0 Å². The SMILES string of the molecule is CC(=O)NCCCCC(C)N. The number of carbonyl (C=O) groups is 1. The van der Waals surface area contributed by atoms with Crippen molar-refractivity contribution in [2.75, 3.05) is 6.54 Å². The zero-order valence-electron chi connectivity index (χ0n) is 7.39. The summed E-state index contributed by atoms with van der Waals surface area (Å²) in [5.74, 6) is 0.0470. The second kappa shape index (κ2) is 6.16. The largest absolute Gasteiger partial charge is 0.356 e. The van der Waals surface area contributed by atoms with Crippen LogP contribution in [0.1, 0.15) is 33.1 Å². The molecule has 3 heteroatoms. The van der Waals surface area contributed by atoms with Gasteiger partial charge in [0.15, 0.2) is 0 Å². The number of hydrogen-bond acceptors (Lipinski definition) is 2. The maximum absolute atomic E-state index is 10.4. The topological polar surface area (TPSA) is 55.1 Å². The molecule has 0 aromatic rings. The minimum atomic E-state index is 0.0470. The van der Waals surface area contributed by atoms with Gasteiger partial charge in [0.05, 0.1) is 0 Å². The molecule has 0 aliphatic carbocycles. The molecule has 3 N–H and O–H groups in total. The van der Waals surface area contributed by atoms with E-state index in [1.165, 1.54) is 6.92 Å². The second-order valence-corrected chi connectivity index (χ2v) is 2.96. The maximum Gasteiger partial charge on any atom is 0.216 e. The Morgan fingerprint density at radius 3 is 2.64 bits per heavy atom. The van der Waals surface area contributed by atoms with Gasteiger partial charge in [-0.1, -0.05) is 6.42 Å². The highest BCUT2D eigenvalue weighted by Gasteiger charge is 1.94. The summed E-state index contributed by atoms with van der Waals surface area (Å²) in [5, 5.41) is 2.74. The Morgan fingerprint density at radius 1 is 1.55 bits per heavy atom. The van der Waals surface area contributed by atoms with Crippen LogP contribution in [0, 0.1) is 0 Å². The van der Waals surface area contributed by atoms with Crippen molar-refractivity contribution in [2.45, 2.75) is 39.2 Å². The van der Waals surface area contributed by atoms with Gasteiger partial charge in [-0.15, -0.1) is 0 Å². The molecule has 1 amide bonds. The summed E-state index contributed by atoms with van der Waals surface area (Å²) in [4.78, 5) is 10.4. The molecular weight excluding hydrogens is 140 g/mol. The minimum absolute atomic E-state index is 0.0470. The number of rotatable bonds is 5. The molecule has 0 rings (SSSR count). The van der Waals surface area contributed by atoms with Gasteiger partial charge in [-0.05, 0) is 19.8 Å². The van der Waals surface area contributed by atoms with Crippen LogP contribution in [-0.4, -0.2) is 18.5 Å². The van der Waals surface area contributed by atoms with Crippen molar-refractivity contribution >= 4 is 5.91 Å². The lowest BCUT2D eigenvalue weighted by atomic mass is 10.1. The van der Waals surface area contributed by atoms with Gasteiger partial charge in [-0.25, -0.2) is 0 Å². The normalized spacial score (nSPS) is 12.6. The standard InChI is InChI=1S/C8H18N2O/c1-7(9)5-3-4-6-10-8(2)11/h7H,3-6,9H2,1-2H3,(H,10,11). The van der Waals surface area contributed by atoms with E-state index >= 15 is 0 Å². The van der Waals surface area contributed by atoms with E-state index in [2.05, 4.69) is 5.32 Å². The van der Waals surface area contributed by atoms with E-state index in [1.54, 1.807) is 0 Å². The highest BCUT2D eigenvalue weighted by Crippen LogP contribution is 1.96. The lowest BCUT2D eigenvalue weighted by Crippen LogP contribution is -2.21. The Hall–Kier alpha value is -0.570. The van der Waals surface area contributed by atoms with E-state index in [-0.39, 0.29) is 11.9 Å². The molecule has 0 aromatic heterocycles. The average molecular weight is 158 g/mol. The number of nitrogens with two attached hydrogens (primary N) is 1. The molecule has 0 fully saturated rings. The summed E-state index contributed by atoms with van der Waals surface area (Å²) in [6, 6.07) is 0.285. The van der Waals surface area contributed by atoms with Crippen LogP contribution < -0.4 is 11.1 Å². The predicted molar refractivity (Wildman–Crippen MR) is 46.2 cm³/mol. The lowest BCUT2D eigenvalue weighted by molar-refractivity contribution is -0.118. The van der Waals surface area contributed by atoms with Gasteiger partial charge >= 0.3 is 0 Å². The molecule has 0 heterocycles. The number of hydrogen-bond donors (Lipinski definition) is 2. The van der Waals surface area contributed by atoms with E-state index < -0.39 is 0 Å². The van der Waals surface area contributed by atoms with Crippen LogP contribution in [0.3, 0.4) is 0 Å². The summed E-state index contributed by atoms with van der Waals surface area (Å²) in [6.45, 7) is 4.31. The third-order valence-electron chi connectivity index (χ3n) is 1.46. The van der Waals surface area contributed by atoms with Crippen molar-refractivity contribution in [2.24, 2.45) is 5.73 Å². The van der Waals surface area contributed by atoms with Crippen LogP contribution in [0.4, 0.5) is 0 Å². The number of amides is 1. The molecule has 11 heavy (non-hydrogen) atoms. The van der Waals surface area contributed by atoms with E-state index in [1.807, 2.05) is 6.92 Å². The molecular formula is C8H18N2O. The maximum atomic E-state index is 10.4. The van der Waals surface area contributed by atoms with Crippen LogP contribution in [0.25, 0.3) is 0 Å². The highest BCUT2D eigenvalue weighted by molar-refractivity contribution is 5.72. The first kappa shape index (κ1) is 10.4. The van der Waals surface area contributed by atoms with Gasteiger partial charge in [0, 0.05) is 19.5 Å². The summed E-state index contributed by atoms with van der Waals surface area (Å²) >= 11 is 0. The fourth-order valence-corrected chi connectivity index (χ4v) is 0.856. The van der Waals surface area contributed by atoms with Crippen molar-refractivity contribution < 1.29 is 4.79 Å². The molecule has 0 aliphatic heterocycles. The Morgan fingerprint density at radius 2 is 2.18 bits per heavy atom. The van der Waals surface area contributed by atoms with Crippen molar-refractivity contribution in [3.63, 3.8) is 0 Å². The molecule has 0 saturated carbocycles. The van der Waals surface area contributed by atoms with E-state index in [0.29, 0.717) is 0 Å². The van der Waals surface area contributed by atoms with Gasteiger partial charge in [0.2, 0.25) is 5.91 Å². The first-order valence-corrected chi connectivity index (χ1v) is 4.13. The predicted octanol–water partition coefficient (Wildman–Crippen LogP) is 0.640. The summed E-state index contributed by atoms with van der Waals surface area (Å²) in [7, 11) is 0. The number of unbranched alkanes of at least 4 members (excludes halogenated alkanes) is 1. The van der Waals surface area contributed by atoms with Crippen molar-refractivity contribution in [3.05, 3.63) is 0 Å². The zero-order valence-corrected chi connectivity index (χ0v) is 7.39. The smallest absolute Gasteiger partial charge is 0.216 e. The van der Waals surface area contributed by atoms with Crippen LogP contribution in [0.15, 0.2) is 0 Å². The fourth-order valence-electron chi connectivity index (χ4n) is 0.856. The second-order valence-electron chi connectivity index (χ2n) is 2.96. The molecule has 0 bridgehead atoms. The van der Waals surface area contributed by atoms with Crippen LogP contribution in [0.2, 0.25) is 0 Å². The third kappa shape index (κ3) is 9.43. The zero-order chi connectivity index (χ0) is 8.69. The van der Waals surface area contributed by atoms with Crippen molar-refractivity contribution in [1.82, 2.24) is 5.32 Å². The molecule has 0 spiro atoms. The Balaban J connectivity index is 2.97. The van der Waals surface area contributed by atoms with Gasteiger partial charge < -0.3 is 11.1 Å². The quantitative estimate of drug-likeness (QED) is 0.577. The van der Waals surface area contributed by atoms with E-state index in [0.717, 1.165) is 25.8 Å². The first-order chi connectivity index (χ1) is 5.13. The van der Waals surface area contributed by atoms with E-state index in [4.69, 9.17) is 5.73 Å². The molecule has 3 nitrogen and oxygen atoms in total. The monoisotopic (exact) mass is 158 g/mol. The van der Waals surface area contributed by atoms with Crippen LogP contribution in [0.5, 0.6) is 0 Å². The van der Waals surface area contributed by atoms with Crippen molar-refractivity contribution in [1.29, 1.82) is 0 Å². The van der Waals surface area contributed by atoms with Gasteiger partial charge in [0.1, 0.15) is 0 Å². The average Bonchev–Trinajstić information content (AvgIpc) is 1.85. The fraction of sp³-hybridized carbons (Fsp3) is 0.875. The Labute approximate surface area is 68.3 Å². The van der Waals surface area contributed by atoms with E-state index in [9.17, 15) is 4.79 Å². The summed E-state index contributed by atoms with van der Waals surface area (Å²) in [5.41, 5.74) is 5.55. The Bertz CT molecular complexity index is 113.